The zero-order chi connectivity index (χ0) is 21.6. The molecule has 4 aromatic rings. The molecule has 0 aliphatic carbocycles. The summed E-state index contributed by atoms with van der Waals surface area (Å²) < 4.78 is 18.4. The van der Waals surface area contributed by atoms with Crippen LogP contribution in [0.15, 0.2) is 33.9 Å². The lowest BCUT2D eigenvalue weighted by Crippen LogP contribution is -2.21. The van der Waals surface area contributed by atoms with Gasteiger partial charge in [-0.2, -0.15) is 0 Å². The van der Waals surface area contributed by atoms with Crippen molar-refractivity contribution in [1.29, 1.82) is 0 Å². The quantitative estimate of drug-likeness (QED) is 0.370. The summed E-state index contributed by atoms with van der Waals surface area (Å²) in [5.41, 5.74) is -0.0369. The Balaban J connectivity index is 2.08. The van der Waals surface area contributed by atoms with E-state index in [-0.39, 0.29) is 39.4 Å². The van der Waals surface area contributed by atoms with Crippen LogP contribution >= 0.6 is 11.3 Å². The fraction of sp³-hybridized carbons (Fsp3) is 0.150. The van der Waals surface area contributed by atoms with Crippen molar-refractivity contribution in [1.82, 2.24) is 15.0 Å². The molecule has 154 valence electrons. The molecule has 10 heteroatoms. The first-order valence-corrected chi connectivity index (χ1v) is 9.77. The first kappa shape index (κ1) is 19.6. The minimum absolute atomic E-state index is 0.0112. The van der Waals surface area contributed by atoms with Crippen LogP contribution in [0.25, 0.3) is 32.7 Å². The topological polar surface area (TPSA) is 128 Å². The van der Waals surface area contributed by atoms with E-state index in [0.717, 1.165) is 11.3 Å². The number of H-pyrrole nitrogens is 3. The fourth-order valence-electron chi connectivity index (χ4n) is 3.34. The average molecular weight is 429 g/mol. The van der Waals surface area contributed by atoms with Gasteiger partial charge in [-0.25, -0.2) is 14.0 Å². The van der Waals surface area contributed by atoms with E-state index in [1.54, 1.807) is 13.8 Å². The second kappa shape index (κ2) is 7.30. The van der Waals surface area contributed by atoms with Crippen molar-refractivity contribution >= 4 is 28.3 Å². The number of nitrogens with one attached hydrogen (secondary N) is 3. The molecule has 0 unspecified atom stereocenters. The molecule has 0 bridgehead atoms. The first-order chi connectivity index (χ1) is 14.3. The van der Waals surface area contributed by atoms with Crippen LogP contribution in [-0.4, -0.2) is 32.6 Å². The number of aromatic amines is 3. The van der Waals surface area contributed by atoms with E-state index in [4.69, 9.17) is 4.74 Å². The number of rotatable bonds is 4. The van der Waals surface area contributed by atoms with E-state index < -0.39 is 23.0 Å². The van der Waals surface area contributed by atoms with Crippen molar-refractivity contribution in [2.24, 2.45) is 0 Å². The third kappa shape index (κ3) is 3.11. The van der Waals surface area contributed by atoms with Gasteiger partial charge in [0.1, 0.15) is 22.8 Å². The number of esters is 1. The van der Waals surface area contributed by atoms with Crippen molar-refractivity contribution in [3.8, 4) is 27.4 Å². The number of aromatic nitrogens is 3. The lowest BCUT2D eigenvalue weighted by Gasteiger charge is -2.05. The summed E-state index contributed by atoms with van der Waals surface area (Å²) in [4.78, 5) is 45.0. The van der Waals surface area contributed by atoms with Gasteiger partial charge in [-0.05, 0) is 43.7 Å². The van der Waals surface area contributed by atoms with E-state index in [9.17, 15) is 23.9 Å². The SMILES string of the molecule is CCOC(=O)c1c(C)sc(-c2c(-c3ccc(F)cc3)[nH]c3[nH]c(=O)[nH]c(=O)c23)c1O. The van der Waals surface area contributed by atoms with Gasteiger partial charge in [0.25, 0.3) is 5.56 Å². The third-order valence-electron chi connectivity index (χ3n) is 4.59. The smallest absolute Gasteiger partial charge is 0.343 e. The molecular weight excluding hydrogens is 413 g/mol. The molecule has 30 heavy (non-hydrogen) atoms. The number of aryl methyl sites for hydroxylation is 1. The summed E-state index contributed by atoms with van der Waals surface area (Å²) in [5, 5.41) is 10.9. The Morgan fingerprint density at radius 1 is 1.17 bits per heavy atom. The molecule has 4 N–H and O–H groups in total. The number of thiophene rings is 1. The Morgan fingerprint density at radius 3 is 2.53 bits per heavy atom. The van der Waals surface area contributed by atoms with Crippen molar-refractivity contribution in [2.45, 2.75) is 13.8 Å². The molecule has 1 aromatic carbocycles. The Bertz CT molecular complexity index is 1400. The highest BCUT2D eigenvalue weighted by molar-refractivity contribution is 7.16. The molecule has 0 amide bonds. The van der Waals surface area contributed by atoms with Gasteiger partial charge in [-0.1, -0.05) is 0 Å². The normalized spacial score (nSPS) is 11.2. The highest BCUT2D eigenvalue weighted by atomic mass is 32.1. The van der Waals surface area contributed by atoms with Gasteiger partial charge in [0.15, 0.2) is 0 Å². The largest absolute Gasteiger partial charge is 0.505 e. The zero-order valence-corrected chi connectivity index (χ0v) is 16.7. The zero-order valence-electron chi connectivity index (χ0n) is 15.9. The van der Waals surface area contributed by atoms with Crippen LogP contribution in [-0.2, 0) is 4.74 Å². The number of halogens is 1. The molecule has 4 rings (SSSR count). The maximum Gasteiger partial charge on any atom is 0.343 e. The molecular formula is C20H16FN3O5S. The van der Waals surface area contributed by atoms with Gasteiger partial charge in [-0.15, -0.1) is 11.3 Å². The number of carbonyl (C=O) groups is 1. The fourth-order valence-corrected chi connectivity index (χ4v) is 4.43. The van der Waals surface area contributed by atoms with E-state index in [1.807, 2.05) is 0 Å². The number of hydrogen-bond acceptors (Lipinski definition) is 6. The van der Waals surface area contributed by atoms with Gasteiger partial charge in [0, 0.05) is 10.4 Å². The molecule has 0 saturated carbocycles. The van der Waals surface area contributed by atoms with Crippen molar-refractivity contribution in [3.05, 3.63) is 61.4 Å². The van der Waals surface area contributed by atoms with Gasteiger partial charge >= 0.3 is 11.7 Å². The van der Waals surface area contributed by atoms with Crippen LogP contribution in [0.5, 0.6) is 5.75 Å². The van der Waals surface area contributed by atoms with E-state index >= 15 is 0 Å². The molecule has 0 aliphatic heterocycles. The minimum Gasteiger partial charge on any atom is -0.505 e. The van der Waals surface area contributed by atoms with Crippen LogP contribution in [0, 0.1) is 12.7 Å². The number of ether oxygens (including phenoxy) is 1. The van der Waals surface area contributed by atoms with Crippen LogP contribution in [0.3, 0.4) is 0 Å². The second-order valence-corrected chi connectivity index (χ2v) is 7.70. The second-order valence-electron chi connectivity index (χ2n) is 6.47. The summed E-state index contributed by atoms with van der Waals surface area (Å²) in [5.74, 6) is -1.45. The van der Waals surface area contributed by atoms with Crippen LogP contribution in [0.2, 0.25) is 0 Å². The lowest BCUT2D eigenvalue weighted by atomic mass is 10.0. The molecule has 0 spiro atoms. The lowest BCUT2D eigenvalue weighted by molar-refractivity contribution is 0.0523. The Labute approximate surface area is 172 Å². The molecule has 3 aromatic heterocycles. The van der Waals surface area contributed by atoms with Crippen LogP contribution in [0.1, 0.15) is 22.2 Å². The van der Waals surface area contributed by atoms with E-state index in [2.05, 4.69) is 15.0 Å². The van der Waals surface area contributed by atoms with Gasteiger partial charge in [0.2, 0.25) is 0 Å². The van der Waals surface area contributed by atoms with Gasteiger partial charge in [0.05, 0.1) is 22.6 Å². The molecule has 8 nitrogen and oxygen atoms in total. The Morgan fingerprint density at radius 2 is 1.87 bits per heavy atom. The van der Waals surface area contributed by atoms with Crippen molar-refractivity contribution in [2.75, 3.05) is 6.61 Å². The minimum atomic E-state index is -0.704. The van der Waals surface area contributed by atoms with Crippen molar-refractivity contribution in [3.63, 3.8) is 0 Å². The molecule has 0 saturated heterocycles. The summed E-state index contributed by atoms with van der Waals surface area (Å²) in [6.07, 6.45) is 0. The number of hydrogen-bond donors (Lipinski definition) is 4. The first-order valence-electron chi connectivity index (χ1n) is 8.95. The summed E-state index contributed by atoms with van der Waals surface area (Å²) in [6, 6.07) is 5.50. The highest BCUT2D eigenvalue weighted by Crippen LogP contribution is 2.47. The number of aromatic hydroxyl groups is 1. The molecule has 0 radical (unpaired) electrons. The predicted octanol–water partition coefficient (Wildman–Crippen LogP) is 3.27. The number of fused-ring (bicyclic) bond motifs is 1. The molecule has 0 atom stereocenters. The van der Waals surface area contributed by atoms with Crippen LogP contribution in [0.4, 0.5) is 4.39 Å². The third-order valence-corrected chi connectivity index (χ3v) is 5.70. The number of carbonyl (C=O) groups excluding carboxylic acids is 1. The average Bonchev–Trinajstić information content (AvgIpc) is 3.19. The summed E-state index contributed by atoms with van der Waals surface area (Å²) in [6.45, 7) is 3.44. The monoisotopic (exact) mass is 429 g/mol. The van der Waals surface area contributed by atoms with E-state index in [0.29, 0.717) is 16.1 Å². The summed E-state index contributed by atoms with van der Waals surface area (Å²) in [7, 11) is 0. The molecule has 3 heterocycles. The Kier molecular flexibility index (Phi) is 4.78. The standard InChI is InChI=1S/C20H16FN3O5S/c1-3-29-19(27)11-8(2)30-16(15(11)25)12-13-17(23-20(28)24-18(13)26)22-14(12)9-4-6-10(21)7-5-9/h4-7,25H,3H2,1-2H3,(H3,22,23,24,26,28). The van der Waals surface area contributed by atoms with E-state index in [1.165, 1.54) is 24.3 Å². The maximum atomic E-state index is 13.4. The predicted molar refractivity (Wildman–Crippen MR) is 111 cm³/mol. The van der Waals surface area contributed by atoms with Crippen LogP contribution < -0.4 is 11.2 Å². The van der Waals surface area contributed by atoms with Gasteiger partial charge in [-0.3, -0.25) is 14.8 Å². The molecule has 0 aliphatic rings. The summed E-state index contributed by atoms with van der Waals surface area (Å²) >= 11 is 1.10. The number of benzene rings is 1. The maximum absolute atomic E-state index is 13.4. The van der Waals surface area contributed by atoms with Gasteiger partial charge < -0.3 is 14.8 Å². The highest BCUT2D eigenvalue weighted by Gasteiger charge is 2.28. The van der Waals surface area contributed by atoms with Crippen molar-refractivity contribution < 1.29 is 19.0 Å². The molecule has 0 fully saturated rings. The Hall–Kier alpha value is -3.66.